The number of hydrogen-bond donors (Lipinski definition) is 0. The van der Waals surface area contributed by atoms with Crippen LogP contribution in [0, 0.1) is 0 Å². The number of benzene rings is 8. The molecule has 0 fully saturated rings. The average Bonchev–Trinajstić information content (AvgIpc) is 3.95. The van der Waals surface area contributed by atoms with Crippen LogP contribution in [0.15, 0.2) is 158 Å². The van der Waals surface area contributed by atoms with Gasteiger partial charge in [-0.05, 0) is 85.9 Å². The molecule has 0 N–H and O–H groups in total. The Morgan fingerprint density at radius 3 is 1.70 bits per heavy atom. The van der Waals surface area contributed by atoms with Gasteiger partial charge in [0.2, 0.25) is 0 Å². The number of rotatable bonds is 2. The molecular weight excluding hydrogens is 633 g/mol. The van der Waals surface area contributed by atoms with E-state index in [1.807, 2.05) is 12.1 Å². The molecule has 4 aromatic heterocycles. The molecule has 4 heteroatoms. The third kappa shape index (κ3) is 3.38. The lowest BCUT2D eigenvalue weighted by Gasteiger charge is -2.18. The van der Waals surface area contributed by atoms with Crippen molar-refractivity contribution in [2.24, 2.45) is 0 Å². The molecule has 0 spiro atoms. The van der Waals surface area contributed by atoms with Gasteiger partial charge in [-0.1, -0.05) is 97.1 Å². The molecule has 50 heavy (non-hydrogen) atoms. The summed E-state index contributed by atoms with van der Waals surface area (Å²) in [6.45, 7) is 0. The molecule has 8 aromatic carbocycles. The van der Waals surface area contributed by atoms with Crippen LogP contribution in [0.1, 0.15) is 0 Å². The lowest BCUT2D eigenvalue weighted by molar-refractivity contribution is 0.663. The van der Waals surface area contributed by atoms with Gasteiger partial charge in [-0.3, -0.25) is 0 Å². The van der Waals surface area contributed by atoms with E-state index >= 15 is 0 Å². The minimum Gasteiger partial charge on any atom is -0.456 e. The normalized spacial score (nSPS) is 12.4. The van der Waals surface area contributed by atoms with Gasteiger partial charge in [0.05, 0.1) is 5.39 Å². The summed E-state index contributed by atoms with van der Waals surface area (Å²) in [6, 6.07) is 49.6. The fourth-order valence-corrected chi connectivity index (χ4v) is 9.47. The molecule has 0 amide bonds. The zero-order valence-corrected chi connectivity index (χ0v) is 27.3. The minimum absolute atomic E-state index is 0.833. The number of para-hydroxylation sites is 2. The second-order valence-corrected chi connectivity index (χ2v) is 14.0. The van der Waals surface area contributed by atoms with Gasteiger partial charge in [-0.15, -0.1) is 11.3 Å². The fraction of sp³-hybridized carbons (Fsp3) is 0. The van der Waals surface area contributed by atoms with Crippen molar-refractivity contribution in [3.8, 4) is 22.3 Å². The highest BCUT2D eigenvalue weighted by atomic mass is 32.1. The summed E-state index contributed by atoms with van der Waals surface area (Å²) in [7, 11) is 0. The molecule has 232 valence electrons. The first-order valence-corrected chi connectivity index (χ1v) is 17.7. The summed E-state index contributed by atoms with van der Waals surface area (Å²) in [5.41, 5.74) is 9.89. The molecule has 0 atom stereocenters. The zero-order valence-electron chi connectivity index (χ0n) is 26.5. The highest BCUT2D eigenvalue weighted by molar-refractivity contribution is 7.18. The van der Waals surface area contributed by atoms with Crippen molar-refractivity contribution >= 4 is 109 Å². The van der Waals surface area contributed by atoms with Gasteiger partial charge in [-0.25, -0.2) is 0 Å². The lowest BCUT2D eigenvalue weighted by Crippen LogP contribution is -1.91. The van der Waals surface area contributed by atoms with Crippen LogP contribution in [0.4, 0.5) is 0 Å². The van der Waals surface area contributed by atoms with Crippen molar-refractivity contribution in [1.82, 2.24) is 0 Å². The molecule has 0 unspecified atom stereocenters. The molecule has 0 radical (unpaired) electrons. The van der Waals surface area contributed by atoms with Crippen LogP contribution >= 0.6 is 11.3 Å². The van der Waals surface area contributed by atoms with Crippen molar-refractivity contribution in [2.75, 3.05) is 0 Å². The molecule has 0 aliphatic carbocycles. The van der Waals surface area contributed by atoms with Crippen LogP contribution in [0.5, 0.6) is 0 Å². The molecule has 0 bridgehead atoms. The zero-order chi connectivity index (χ0) is 32.5. The molecule has 3 nitrogen and oxygen atoms in total. The maximum absolute atomic E-state index is 6.77. The Morgan fingerprint density at radius 1 is 0.340 bits per heavy atom. The van der Waals surface area contributed by atoms with E-state index in [9.17, 15) is 0 Å². The first-order valence-electron chi connectivity index (χ1n) is 16.8. The maximum atomic E-state index is 6.77. The van der Waals surface area contributed by atoms with E-state index < -0.39 is 0 Å². The van der Waals surface area contributed by atoms with E-state index in [1.165, 1.54) is 48.1 Å². The van der Waals surface area contributed by atoms with Gasteiger partial charge < -0.3 is 13.3 Å². The number of thiophene rings is 1. The summed E-state index contributed by atoms with van der Waals surface area (Å²) >= 11 is 1.77. The highest BCUT2D eigenvalue weighted by Gasteiger charge is 2.24. The van der Waals surface area contributed by atoms with Crippen LogP contribution in [0.3, 0.4) is 0 Å². The Kier molecular flexibility index (Phi) is 5.12. The standard InChI is InChI=1S/C46H24O3S/c1-3-11-28-26(9-1)39(31-14-8-18-36-41(31)34-20-22-37-42(45(34)49-36)30-13-5-6-17-35(30)47-37)27-10-2-4-12-29(27)40(28)32-15-7-16-33-43-38(48-44(32)33)21-19-25-23-24-50-46(25)43/h1-24H. The van der Waals surface area contributed by atoms with Gasteiger partial charge >= 0.3 is 0 Å². The van der Waals surface area contributed by atoms with Crippen molar-refractivity contribution in [2.45, 2.75) is 0 Å². The quantitative estimate of drug-likeness (QED) is 0.174. The molecule has 0 saturated carbocycles. The topological polar surface area (TPSA) is 39.4 Å². The Morgan fingerprint density at radius 2 is 0.900 bits per heavy atom. The lowest BCUT2D eigenvalue weighted by atomic mass is 9.84. The van der Waals surface area contributed by atoms with Crippen LogP contribution in [-0.4, -0.2) is 0 Å². The Balaban J connectivity index is 1.21. The summed E-state index contributed by atoms with van der Waals surface area (Å²) in [4.78, 5) is 0. The number of fused-ring (bicyclic) bond motifs is 14. The molecule has 12 aromatic rings. The number of hydrogen-bond acceptors (Lipinski definition) is 4. The SMILES string of the molecule is c1ccc2c(c1)oc1ccc3c(oc4cccc(-c5c6ccccc6c(-c6cccc7c6oc6ccc8ccsc8c67)c6ccccc56)c43)c12. The molecule has 0 aliphatic heterocycles. The monoisotopic (exact) mass is 656 g/mol. The van der Waals surface area contributed by atoms with Crippen molar-refractivity contribution in [1.29, 1.82) is 0 Å². The maximum Gasteiger partial charge on any atom is 0.147 e. The van der Waals surface area contributed by atoms with Gasteiger partial charge in [-0.2, -0.15) is 0 Å². The third-order valence-electron chi connectivity index (χ3n) is 10.6. The first kappa shape index (κ1) is 26.6. The van der Waals surface area contributed by atoms with E-state index in [-0.39, 0.29) is 0 Å². The third-order valence-corrected chi connectivity index (χ3v) is 11.5. The Labute approximate surface area is 288 Å². The van der Waals surface area contributed by atoms with Crippen LogP contribution < -0.4 is 0 Å². The molecular formula is C46H24O3S. The largest absolute Gasteiger partial charge is 0.456 e. The number of furan rings is 3. The van der Waals surface area contributed by atoms with Crippen molar-refractivity contribution < 1.29 is 13.3 Å². The van der Waals surface area contributed by atoms with Gasteiger partial charge in [0.1, 0.15) is 33.5 Å². The molecule has 12 rings (SSSR count). The van der Waals surface area contributed by atoms with Gasteiger partial charge in [0.25, 0.3) is 0 Å². The van der Waals surface area contributed by atoms with Crippen LogP contribution in [0.2, 0.25) is 0 Å². The van der Waals surface area contributed by atoms with E-state index in [1.54, 1.807) is 11.3 Å². The van der Waals surface area contributed by atoms with Crippen LogP contribution in [0.25, 0.3) is 120 Å². The van der Waals surface area contributed by atoms with Crippen molar-refractivity contribution in [3.63, 3.8) is 0 Å². The Hall–Kier alpha value is -6.36. The van der Waals surface area contributed by atoms with Crippen molar-refractivity contribution in [3.05, 3.63) is 145 Å². The fourth-order valence-electron chi connectivity index (χ4n) is 8.51. The van der Waals surface area contributed by atoms with E-state index in [2.05, 4.69) is 133 Å². The summed E-state index contributed by atoms with van der Waals surface area (Å²) in [6.07, 6.45) is 0. The summed E-state index contributed by atoms with van der Waals surface area (Å²) < 4.78 is 21.0. The van der Waals surface area contributed by atoms with Gasteiger partial charge in [0, 0.05) is 42.8 Å². The first-order chi connectivity index (χ1) is 24.8. The highest BCUT2D eigenvalue weighted by Crippen LogP contribution is 2.50. The van der Waals surface area contributed by atoms with Gasteiger partial charge in [0.15, 0.2) is 0 Å². The second-order valence-electron chi connectivity index (χ2n) is 13.1. The van der Waals surface area contributed by atoms with E-state index in [0.29, 0.717) is 0 Å². The average molecular weight is 657 g/mol. The molecule has 0 saturated heterocycles. The Bertz CT molecular complexity index is 3330. The predicted molar refractivity (Wildman–Crippen MR) is 210 cm³/mol. The van der Waals surface area contributed by atoms with Crippen LogP contribution in [-0.2, 0) is 0 Å². The molecule has 4 heterocycles. The molecule has 0 aliphatic rings. The predicted octanol–water partition coefficient (Wildman–Crippen LogP) is 14.2. The smallest absolute Gasteiger partial charge is 0.147 e. The minimum atomic E-state index is 0.833. The van der Waals surface area contributed by atoms with E-state index in [4.69, 9.17) is 13.3 Å². The summed E-state index contributed by atoms with van der Waals surface area (Å²) in [5, 5.41) is 14.8. The second kappa shape index (κ2) is 9.63. The summed E-state index contributed by atoms with van der Waals surface area (Å²) in [5.74, 6) is 0. The van der Waals surface area contributed by atoms with E-state index in [0.717, 1.165) is 71.6 Å².